The Kier molecular flexibility index (Phi) is 3.76. The van der Waals surface area contributed by atoms with Crippen molar-refractivity contribution in [3.05, 3.63) is 65.6 Å². The number of aromatic nitrogens is 3. The number of thiazole rings is 1. The highest BCUT2D eigenvalue weighted by Crippen LogP contribution is 2.36. The van der Waals surface area contributed by atoms with Crippen LogP contribution in [-0.2, 0) is 6.54 Å². The Morgan fingerprint density at radius 1 is 1.04 bits per heavy atom. The summed E-state index contributed by atoms with van der Waals surface area (Å²) in [7, 11) is 0. The Morgan fingerprint density at radius 2 is 1.96 bits per heavy atom. The van der Waals surface area contributed by atoms with E-state index in [1.807, 2.05) is 23.5 Å². The monoisotopic (exact) mass is 348 g/mol. The van der Waals surface area contributed by atoms with Crippen LogP contribution < -0.4 is 0 Å². The summed E-state index contributed by atoms with van der Waals surface area (Å²) < 4.78 is 3.39. The van der Waals surface area contributed by atoms with Gasteiger partial charge in [-0.1, -0.05) is 24.6 Å². The van der Waals surface area contributed by atoms with Crippen LogP contribution in [0.25, 0.3) is 15.9 Å². The lowest BCUT2D eigenvalue weighted by molar-refractivity contribution is 0.139. The maximum Gasteiger partial charge on any atom is 0.137 e. The van der Waals surface area contributed by atoms with E-state index in [-0.39, 0.29) is 0 Å². The van der Waals surface area contributed by atoms with Crippen LogP contribution in [0.4, 0.5) is 0 Å². The molecule has 0 N–H and O–H groups in total. The van der Waals surface area contributed by atoms with Crippen LogP contribution >= 0.6 is 11.3 Å². The summed E-state index contributed by atoms with van der Waals surface area (Å²) in [5.74, 6) is 0. The fourth-order valence-corrected chi connectivity index (χ4v) is 4.90. The smallest absolute Gasteiger partial charge is 0.137 e. The maximum atomic E-state index is 4.92. The summed E-state index contributed by atoms with van der Waals surface area (Å²) in [5.41, 5.74) is 3.28. The average molecular weight is 348 g/mol. The number of pyridine rings is 1. The number of nitrogens with zero attached hydrogens (tertiary/aromatic N) is 4. The maximum absolute atomic E-state index is 4.92. The van der Waals surface area contributed by atoms with Gasteiger partial charge < -0.3 is 4.40 Å². The fraction of sp³-hybridized carbons (Fsp3) is 0.300. The van der Waals surface area contributed by atoms with Gasteiger partial charge in [-0.2, -0.15) is 0 Å². The molecule has 0 saturated carbocycles. The molecule has 1 saturated heterocycles. The zero-order valence-electron chi connectivity index (χ0n) is 14.0. The molecule has 0 bridgehead atoms. The van der Waals surface area contributed by atoms with Crippen LogP contribution in [0, 0.1) is 0 Å². The standard InChI is InChI=1S/C20H20N4S/c1-2-9-18-16(7-1)22-20(25-18)17-8-3-5-11-23(17)13-15-14-24-12-6-4-10-19(24)21-15/h1-2,4,6-7,9-10,12,14,17H,3,5,8,11,13H2/t17-/m1/s1. The third kappa shape index (κ3) is 2.83. The second kappa shape index (κ2) is 6.24. The molecule has 1 aliphatic rings. The molecule has 0 amide bonds. The molecule has 0 spiro atoms. The van der Waals surface area contributed by atoms with Gasteiger partial charge in [-0.25, -0.2) is 9.97 Å². The van der Waals surface area contributed by atoms with Gasteiger partial charge in [0.1, 0.15) is 10.7 Å². The Bertz CT molecular complexity index is 953. The van der Waals surface area contributed by atoms with E-state index in [2.05, 4.69) is 52.0 Å². The normalized spacial score (nSPS) is 19.0. The number of piperidine rings is 1. The van der Waals surface area contributed by atoms with Gasteiger partial charge in [0.05, 0.1) is 22.0 Å². The third-order valence-electron chi connectivity index (χ3n) is 4.99. The van der Waals surface area contributed by atoms with E-state index in [1.54, 1.807) is 0 Å². The van der Waals surface area contributed by atoms with Crippen molar-refractivity contribution in [2.75, 3.05) is 6.54 Å². The predicted octanol–water partition coefficient (Wildman–Crippen LogP) is 4.67. The highest BCUT2D eigenvalue weighted by atomic mass is 32.1. The van der Waals surface area contributed by atoms with Gasteiger partial charge in [0.2, 0.25) is 0 Å². The number of hydrogen-bond acceptors (Lipinski definition) is 4. The second-order valence-electron chi connectivity index (χ2n) is 6.70. The van der Waals surface area contributed by atoms with Gasteiger partial charge in [0, 0.05) is 18.9 Å². The molecule has 0 radical (unpaired) electrons. The fourth-order valence-electron chi connectivity index (χ4n) is 3.76. The molecule has 5 heteroatoms. The van der Waals surface area contributed by atoms with Crippen molar-refractivity contribution in [1.29, 1.82) is 0 Å². The van der Waals surface area contributed by atoms with E-state index in [9.17, 15) is 0 Å². The van der Waals surface area contributed by atoms with Gasteiger partial charge in [0.25, 0.3) is 0 Å². The first-order chi connectivity index (χ1) is 12.4. The summed E-state index contributed by atoms with van der Waals surface area (Å²) in [6.45, 7) is 2.01. The minimum Gasteiger partial charge on any atom is -0.307 e. The summed E-state index contributed by atoms with van der Waals surface area (Å²) in [5, 5.41) is 1.25. The summed E-state index contributed by atoms with van der Waals surface area (Å²) in [6.07, 6.45) is 7.94. The van der Waals surface area contributed by atoms with Crippen molar-refractivity contribution >= 4 is 27.2 Å². The zero-order chi connectivity index (χ0) is 16.6. The molecule has 1 fully saturated rings. The van der Waals surface area contributed by atoms with E-state index in [1.165, 1.54) is 29.0 Å². The Morgan fingerprint density at radius 3 is 2.88 bits per heavy atom. The molecule has 0 aliphatic carbocycles. The molecule has 1 aliphatic heterocycles. The molecule has 0 unspecified atom stereocenters. The van der Waals surface area contributed by atoms with E-state index in [0.717, 1.165) is 29.9 Å². The number of para-hydroxylation sites is 1. The van der Waals surface area contributed by atoms with Crippen molar-refractivity contribution in [2.45, 2.75) is 31.8 Å². The quantitative estimate of drug-likeness (QED) is 0.539. The van der Waals surface area contributed by atoms with E-state index >= 15 is 0 Å². The predicted molar refractivity (Wildman–Crippen MR) is 102 cm³/mol. The molecule has 4 nitrogen and oxygen atoms in total. The number of hydrogen-bond donors (Lipinski definition) is 0. The molecular formula is C20H20N4S. The van der Waals surface area contributed by atoms with Crippen molar-refractivity contribution < 1.29 is 0 Å². The van der Waals surface area contributed by atoms with Crippen LogP contribution in [-0.4, -0.2) is 25.8 Å². The zero-order valence-corrected chi connectivity index (χ0v) is 14.8. The van der Waals surface area contributed by atoms with Crippen LogP contribution in [0.3, 0.4) is 0 Å². The number of imidazole rings is 1. The molecule has 4 heterocycles. The van der Waals surface area contributed by atoms with Crippen molar-refractivity contribution in [3.63, 3.8) is 0 Å². The molecule has 1 atom stereocenters. The molecule has 126 valence electrons. The minimum atomic E-state index is 0.413. The third-order valence-corrected chi connectivity index (χ3v) is 6.13. The Hall–Kier alpha value is -2.24. The van der Waals surface area contributed by atoms with E-state index in [4.69, 9.17) is 9.97 Å². The molecule has 3 aromatic heterocycles. The number of benzene rings is 1. The highest BCUT2D eigenvalue weighted by Gasteiger charge is 2.27. The van der Waals surface area contributed by atoms with Gasteiger partial charge in [-0.15, -0.1) is 11.3 Å². The molecule has 5 rings (SSSR count). The minimum absolute atomic E-state index is 0.413. The average Bonchev–Trinajstić information content (AvgIpc) is 3.25. The lowest BCUT2D eigenvalue weighted by Crippen LogP contribution is -2.33. The van der Waals surface area contributed by atoms with Crippen molar-refractivity contribution in [1.82, 2.24) is 19.3 Å². The van der Waals surface area contributed by atoms with E-state index < -0.39 is 0 Å². The highest BCUT2D eigenvalue weighted by molar-refractivity contribution is 7.18. The van der Waals surface area contributed by atoms with E-state index in [0.29, 0.717) is 6.04 Å². The number of fused-ring (bicyclic) bond motifs is 2. The lowest BCUT2D eigenvalue weighted by Gasteiger charge is -2.33. The number of likely N-dealkylation sites (tertiary alicyclic amines) is 1. The van der Waals surface area contributed by atoms with Gasteiger partial charge in [-0.3, -0.25) is 4.90 Å². The Labute approximate surface area is 150 Å². The first kappa shape index (κ1) is 15.0. The van der Waals surface area contributed by atoms with Crippen LogP contribution in [0.1, 0.15) is 36.0 Å². The largest absolute Gasteiger partial charge is 0.307 e. The summed E-state index contributed by atoms with van der Waals surface area (Å²) in [6, 6.07) is 15.0. The SMILES string of the molecule is c1ccc2sc([C@H]3CCCCN3Cc3cn4ccccc4n3)nc2c1. The van der Waals surface area contributed by atoms with Crippen molar-refractivity contribution in [3.8, 4) is 0 Å². The first-order valence-corrected chi connectivity index (χ1v) is 9.71. The topological polar surface area (TPSA) is 33.4 Å². The lowest BCUT2D eigenvalue weighted by atomic mass is 10.0. The second-order valence-corrected chi connectivity index (χ2v) is 7.76. The summed E-state index contributed by atoms with van der Waals surface area (Å²) >= 11 is 1.84. The Balaban J connectivity index is 1.45. The summed E-state index contributed by atoms with van der Waals surface area (Å²) in [4.78, 5) is 12.3. The van der Waals surface area contributed by atoms with Crippen LogP contribution in [0.15, 0.2) is 54.9 Å². The molecule has 25 heavy (non-hydrogen) atoms. The van der Waals surface area contributed by atoms with Crippen LogP contribution in [0.2, 0.25) is 0 Å². The van der Waals surface area contributed by atoms with Crippen molar-refractivity contribution in [2.24, 2.45) is 0 Å². The molecular weight excluding hydrogens is 328 g/mol. The van der Waals surface area contributed by atoms with Gasteiger partial charge in [0.15, 0.2) is 0 Å². The van der Waals surface area contributed by atoms with Gasteiger partial charge >= 0.3 is 0 Å². The molecule has 4 aromatic rings. The van der Waals surface area contributed by atoms with Gasteiger partial charge in [-0.05, 0) is 43.7 Å². The number of rotatable bonds is 3. The molecule has 1 aromatic carbocycles. The van der Waals surface area contributed by atoms with Crippen LogP contribution in [0.5, 0.6) is 0 Å². The first-order valence-electron chi connectivity index (χ1n) is 8.89.